The Morgan fingerprint density at radius 2 is 1.65 bits per heavy atom. The quantitative estimate of drug-likeness (QED) is 0.517. The number of rotatable bonds is 8. The van der Waals surface area contributed by atoms with E-state index in [0.717, 1.165) is 18.4 Å². The molecular formula is C29H33N3O5. The summed E-state index contributed by atoms with van der Waals surface area (Å²) in [5, 5.41) is 0. The molecule has 194 valence electrons. The first-order valence-corrected chi connectivity index (χ1v) is 13.0. The van der Waals surface area contributed by atoms with E-state index in [9.17, 15) is 19.2 Å². The highest BCUT2D eigenvalue weighted by Gasteiger charge is 2.74. The van der Waals surface area contributed by atoms with Crippen molar-refractivity contribution in [2.75, 3.05) is 26.7 Å². The largest absolute Gasteiger partial charge is 0.497 e. The minimum atomic E-state index is -1.48. The van der Waals surface area contributed by atoms with E-state index in [1.165, 1.54) is 4.90 Å². The van der Waals surface area contributed by atoms with Crippen LogP contribution < -0.4 is 4.74 Å². The van der Waals surface area contributed by atoms with Gasteiger partial charge in [-0.25, -0.2) is 0 Å². The smallest absolute Gasteiger partial charge is 0.250 e. The molecule has 0 aromatic heterocycles. The molecule has 0 N–H and O–H groups in total. The summed E-state index contributed by atoms with van der Waals surface area (Å²) in [7, 11) is 1.57. The van der Waals surface area contributed by atoms with E-state index in [0.29, 0.717) is 17.9 Å². The first-order chi connectivity index (χ1) is 17.9. The van der Waals surface area contributed by atoms with Crippen LogP contribution in [0.2, 0.25) is 0 Å². The lowest BCUT2D eigenvalue weighted by molar-refractivity contribution is -0.169. The summed E-state index contributed by atoms with van der Waals surface area (Å²) in [5.41, 5.74) is 0.0828. The van der Waals surface area contributed by atoms with Crippen molar-refractivity contribution in [3.8, 4) is 5.75 Å². The Hall–Kier alpha value is -3.68. The standard InChI is InChI=1S/C29H33N3O5/c1-4-6-16-30-18-22(33)32-25(20-12-14-21(37-3)15-13-20)23-24(27(35)31(5-2)26(23)34)29(32,28(30)36)17-19-10-8-7-9-11-19/h7-15,23-25H,4-6,16-18H2,1-3H3/t23-,24-,25-,29-/m1/s1. The molecule has 3 aliphatic rings. The number of ether oxygens (including phenoxy) is 1. The van der Waals surface area contributed by atoms with Gasteiger partial charge in [-0.2, -0.15) is 0 Å². The number of hydrogen-bond acceptors (Lipinski definition) is 5. The van der Waals surface area contributed by atoms with Gasteiger partial charge >= 0.3 is 0 Å². The lowest BCUT2D eigenvalue weighted by Crippen LogP contribution is -2.70. The van der Waals surface area contributed by atoms with Gasteiger partial charge in [-0.1, -0.05) is 55.8 Å². The van der Waals surface area contributed by atoms with E-state index >= 15 is 0 Å². The van der Waals surface area contributed by atoms with Crippen LogP contribution in [0.4, 0.5) is 0 Å². The van der Waals surface area contributed by atoms with Gasteiger partial charge in [-0.05, 0) is 36.6 Å². The lowest BCUT2D eigenvalue weighted by Gasteiger charge is -2.49. The minimum absolute atomic E-state index is 0.0542. The molecule has 0 spiro atoms. The van der Waals surface area contributed by atoms with E-state index in [1.807, 2.05) is 49.4 Å². The molecular weight excluding hydrogens is 470 g/mol. The second kappa shape index (κ2) is 9.65. The molecule has 3 aliphatic heterocycles. The van der Waals surface area contributed by atoms with Gasteiger partial charge in [0.25, 0.3) is 0 Å². The summed E-state index contributed by atoms with van der Waals surface area (Å²) in [6.07, 6.45) is 1.80. The molecule has 4 amide bonds. The summed E-state index contributed by atoms with van der Waals surface area (Å²) in [6.45, 7) is 4.41. The second-order valence-corrected chi connectivity index (χ2v) is 10.1. The number of nitrogens with zero attached hydrogens (tertiary/aromatic N) is 3. The van der Waals surface area contributed by atoms with Gasteiger partial charge in [0.1, 0.15) is 11.3 Å². The number of hydrogen-bond donors (Lipinski definition) is 0. The SMILES string of the molecule is CCCCN1CC(=O)N2[C@H](c3ccc(OC)cc3)[C@@H]3C(=O)N(CC)C(=O)[C@@H]3[C@]2(Cc2ccccc2)C1=O. The maximum Gasteiger partial charge on any atom is 0.250 e. The van der Waals surface area contributed by atoms with Gasteiger partial charge in [0.2, 0.25) is 23.6 Å². The number of amides is 4. The van der Waals surface area contributed by atoms with Crippen molar-refractivity contribution >= 4 is 23.6 Å². The van der Waals surface area contributed by atoms with Crippen LogP contribution in [-0.4, -0.2) is 70.6 Å². The Bertz CT molecular complexity index is 1210. The summed E-state index contributed by atoms with van der Waals surface area (Å²) < 4.78 is 5.32. The van der Waals surface area contributed by atoms with Crippen molar-refractivity contribution in [1.82, 2.24) is 14.7 Å². The molecule has 8 heteroatoms. The number of likely N-dealkylation sites (tertiary alicyclic amines) is 1. The van der Waals surface area contributed by atoms with Crippen molar-refractivity contribution < 1.29 is 23.9 Å². The minimum Gasteiger partial charge on any atom is -0.497 e. The van der Waals surface area contributed by atoms with E-state index in [1.54, 1.807) is 36.0 Å². The van der Waals surface area contributed by atoms with Crippen LogP contribution in [0.15, 0.2) is 54.6 Å². The normalized spacial score (nSPS) is 27.1. The van der Waals surface area contributed by atoms with Crippen LogP contribution in [0, 0.1) is 11.8 Å². The maximum atomic E-state index is 14.5. The van der Waals surface area contributed by atoms with Crippen molar-refractivity contribution in [3.63, 3.8) is 0 Å². The maximum absolute atomic E-state index is 14.5. The number of methoxy groups -OCH3 is 1. The van der Waals surface area contributed by atoms with Crippen LogP contribution in [-0.2, 0) is 25.6 Å². The molecule has 37 heavy (non-hydrogen) atoms. The number of piperazine rings is 1. The zero-order valence-electron chi connectivity index (χ0n) is 21.6. The highest BCUT2D eigenvalue weighted by molar-refractivity contribution is 6.13. The van der Waals surface area contributed by atoms with Crippen molar-refractivity contribution in [2.24, 2.45) is 11.8 Å². The molecule has 0 unspecified atom stereocenters. The van der Waals surface area contributed by atoms with Crippen LogP contribution in [0.1, 0.15) is 43.9 Å². The van der Waals surface area contributed by atoms with E-state index < -0.39 is 23.4 Å². The molecule has 2 aromatic carbocycles. The van der Waals surface area contributed by atoms with Crippen LogP contribution in [0.5, 0.6) is 5.75 Å². The monoisotopic (exact) mass is 503 g/mol. The molecule has 4 atom stereocenters. The lowest BCUT2D eigenvalue weighted by atomic mass is 9.74. The molecule has 3 fully saturated rings. The highest BCUT2D eigenvalue weighted by atomic mass is 16.5. The Kier molecular flexibility index (Phi) is 6.52. The number of unbranched alkanes of at least 4 members (excludes halogenated alkanes) is 1. The topological polar surface area (TPSA) is 87.2 Å². The predicted molar refractivity (Wildman–Crippen MR) is 136 cm³/mol. The molecule has 5 rings (SSSR count). The van der Waals surface area contributed by atoms with Crippen LogP contribution in [0.25, 0.3) is 0 Å². The average Bonchev–Trinajstić information content (AvgIpc) is 3.36. The van der Waals surface area contributed by atoms with Gasteiger partial charge < -0.3 is 14.5 Å². The molecule has 0 saturated carbocycles. The highest BCUT2D eigenvalue weighted by Crippen LogP contribution is 2.58. The molecule has 0 bridgehead atoms. The fourth-order valence-corrected chi connectivity index (χ4v) is 6.51. The summed E-state index contributed by atoms with van der Waals surface area (Å²) in [5.74, 6) is -2.30. The fraction of sp³-hybridized carbons (Fsp3) is 0.448. The molecule has 0 radical (unpaired) electrons. The number of carbonyl (C=O) groups excluding carboxylic acids is 4. The number of carbonyl (C=O) groups is 4. The Morgan fingerprint density at radius 1 is 0.946 bits per heavy atom. The Morgan fingerprint density at radius 3 is 2.27 bits per heavy atom. The van der Waals surface area contributed by atoms with Gasteiger partial charge in [0.15, 0.2) is 0 Å². The molecule has 8 nitrogen and oxygen atoms in total. The van der Waals surface area contributed by atoms with E-state index in [2.05, 4.69) is 0 Å². The second-order valence-electron chi connectivity index (χ2n) is 10.1. The molecule has 3 saturated heterocycles. The third-order valence-corrected chi connectivity index (χ3v) is 8.13. The Balaban J connectivity index is 1.73. The van der Waals surface area contributed by atoms with E-state index in [-0.39, 0.29) is 43.1 Å². The van der Waals surface area contributed by atoms with Crippen molar-refractivity contribution in [1.29, 1.82) is 0 Å². The zero-order chi connectivity index (χ0) is 26.3. The summed E-state index contributed by atoms with van der Waals surface area (Å²) >= 11 is 0. The van der Waals surface area contributed by atoms with E-state index in [4.69, 9.17) is 4.74 Å². The van der Waals surface area contributed by atoms with Crippen molar-refractivity contribution in [3.05, 3.63) is 65.7 Å². The summed E-state index contributed by atoms with van der Waals surface area (Å²) in [6, 6.07) is 16.0. The number of fused-ring (bicyclic) bond motifs is 3. The molecule has 0 aliphatic carbocycles. The number of benzene rings is 2. The van der Waals surface area contributed by atoms with Gasteiger partial charge in [0.05, 0.1) is 31.5 Å². The van der Waals surface area contributed by atoms with Crippen LogP contribution in [0.3, 0.4) is 0 Å². The summed E-state index contributed by atoms with van der Waals surface area (Å²) in [4.78, 5) is 60.6. The zero-order valence-corrected chi connectivity index (χ0v) is 21.6. The Labute approximate surface area is 217 Å². The average molecular weight is 504 g/mol. The van der Waals surface area contributed by atoms with Gasteiger partial charge in [-0.15, -0.1) is 0 Å². The fourth-order valence-electron chi connectivity index (χ4n) is 6.51. The predicted octanol–water partition coefficient (Wildman–Crippen LogP) is 2.82. The third-order valence-electron chi connectivity index (χ3n) is 8.13. The molecule has 3 heterocycles. The van der Waals surface area contributed by atoms with Gasteiger partial charge in [0, 0.05) is 19.5 Å². The molecule has 2 aromatic rings. The third kappa shape index (κ3) is 3.72. The van der Waals surface area contributed by atoms with Crippen LogP contribution >= 0.6 is 0 Å². The van der Waals surface area contributed by atoms with Crippen molar-refractivity contribution in [2.45, 2.75) is 44.7 Å². The first-order valence-electron chi connectivity index (χ1n) is 13.0. The van der Waals surface area contributed by atoms with Gasteiger partial charge in [-0.3, -0.25) is 24.1 Å². The number of imide groups is 1. The first kappa shape index (κ1) is 25.0.